The van der Waals surface area contributed by atoms with Gasteiger partial charge in [-0.1, -0.05) is 68.6 Å². The molecular formula is C22H29N3O4. The normalized spacial score (nSPS) is 17.1. The smallest absolute Gasteiger partial charge is 0.326 e. The van der Waals surface area contributed by atoms with Crippen molar-refractivity contribution in [3.8, 4) is 11.4 Å². The first-order chi connectivity index (χ1) is 13.8. The van der Waals surface area contributed by atoms with Crippen LogP contribution in [0.4, 0.5) is 0 Å². The summed E-state index contributed by atoms with van der Waals surface area (Å²) in [6, 6.07) is 9.06. The van der Waals surface area contributed by atoms with E-state index in [2.05, 4.69) is 10.5 Å². The third-order valence-corrected chi connectivity index (χ3v) is 5.61. The summed E-state index contributed by atoms with van der Waals surface area (Å²) in [7, 11) is 0. The van der Waals surface area contributed by atoms with Crippen LogP contribution >= 0.6 is 0 Å². The van der Waals surface area contributed by atoms with E-state index in [1.165, 1.54) is 11.5 Å². The van der Waals surface area contributed by atoms with Crippen LogP contribution < -0.4 is 11.1 Å². The van der Waals surface area contributed by atoms with Crippen LogP contribution in [0.1, 0.15) is 59.3 Å². The average Bonchev–Trinajstić information content (AvgIpc) is 3.10. The number of carbonyl (C=O) groups is 2. The molecule has 0 spiro atoms. The Bertz CT molecular complexity index is 910. The van der Waals surface area contributed by atoms with Crippen LogP contribution in [0.3, 0.4) is 0 Å². The summed E-state index contributed by atoms with van der Waals surface area (Å²) in [4.78, 5) is 38.9. The van der Waals surface area contributed by atoms with Crippen molar-refractivity contribution >= 4 is 11.7 Å². The molecule has 1 unspecified atom stereocenters. The molecule has 7 heteroatoms. The standard InChI is InChI=1S/C22H29N3O4/c1-15(2)14-22(16(3)26,23-20(27)18-12-8-5-9-13-18)25-19(24-29-21(25)28)17-10-6-4-7-11-17/h4,6-7,10-11,15,18H,5,8-9,12-14H2,1-3H3,(H,23,27). The first-order valence-corrected chi connectivity index (χ1v) is 10.3. The minimum Gasteiger partial charge on any atom is -0.326 e. The molecule has 3 rings (SSSR count). The Morgan fingerprint density at radius 1 is 1.21 bits per heavy atom. The molecule has 7 nitrogen and oxygen atoms in total. The molecule has 1 atom stereocenters. The van der Waals surface area contributed by atoms with E-state index < -0.39 is 11.4 Å². The van der Waals surface area contributed by atoms with Crippen LogP contribution in [0.25, 0.3) is 11.4 Å². The van der Waals surface area contributed by atoms with Gasteiger partial charge in [-0.15, -0.1) is 0 Å². The number of amides is 1. The Kier molecular flexibility index (Phi) is 6.35. The molecule has 1 aromatic heterocycles. The van der Waals surface area contributed by atoms with Crippen molar-refractivity contribution in [3.63, 3.8) is 0 Å². The molecule has 0 bridgehead atoms. The Labute approximate surface area is 170 Å². The van der Waals surface area contributed by atoms with Crippen molar-refractivity contribution in [2.24, 2.45) is 11.8 Å². The quantitative estimate of drug-likeness (QED) is 0.769. The van der Waals surface area contributed by atoms with Crippen LogP contribution in [-0.2, 0) is 15.3 Å². The lowest BCUT2D eigenvalue weighted by Crippen LogP contribution is -2.60. The Morgan fingerprint density at radius 3 is 2.45 bits per heavy atom. The second-order valence-corrected chi connectivity index (χ2v) is 8.31. The molecule has 1 aromatic carbocycles. The highest BCUT2D eigenvalue weighted by molar-refractivity contribution is 5.90. The fourth-order valence-electron chi connectivity index (χ4n) is 4.20. The number of hydrogen-bond acceptors (Lipinski definition) is 5. The third kappa shape index (κ3) is 4.33. The topological polar surface area (TPSA) is 94.2 Å². The van der Waals surface area contributed by atoms with E-state index in [0.29, 0.717) is 5.56 Å². The average molecular weight is 399 g/mol. The van der Waals surface area contributed by atoms with E-state index in [0.717, 1.165) is 32.1 Å². The summed E-state index contributed by atoms with van der Waals surface area (Å²) in [5.74, 6) is -1.15. The minimum atomic E-state index is -1.54. The maximum Gasteiger partial charge on any atom is 0.444 e. The maximum absolute atomic E-state index is 13.1. The first-order valence-electron chi connectivity index (χ1n) is 10.3. The molecule has 29 heavy (non-hydrogen) atoms. The monoisotopic (exact) mass is 399 g/mol. The maximum atomic E-state index is 13.1. The van der Waals surface area contributed by atoms with Crippen LogP contribution in [0.2, 0.25) is 0 Å². The summed E-state index contributed by atoms with van der Waals surface area (Å²) in [6.45, 7) is 5.30. The number of nitrogens with zero attached hydrogens (tertiary/aromatic N) is 2. The van der Waals surface area contributed by atoms with E-state index in [9.17, 15) is 14.4 Å². The minimum absolute atomic E-state index is 0.0379. The molecule has 156 valence electrons. The van der Waals surface area contributed by atoms with Crippen molar-refractivity contribution < 1.29 is 14.1 Å². The second-order valence-electron chi connectivity index (χ2n) is 8.31. The third-order valence-electron chi connectivity index (χ3n) is 5.61. The van der Waals surface area contributed by atoms with E-state index in [1.54, 1.807) is 12.1 Å². The number of aromatic nitrogens is 2. The molecule has 1 amide bonds. The zero-order valence-electron chi connectivity index (χ0n) is 17.3. The molecule has 0 aliphatic heterocycles. The Balaban J connectivity index is 2.11. The van der Waals surface area contributed by atoms with Crippen molar-refractivity contribution in [1.29, 1.82) is 0 Å². The van der Waals surface area contributed by atoms with E-state index >= 15 is 0 Å². The molecular weight excluding hydrogens is 370 g/mol. The van der Waals surface area contributed by atoms with Crippen molar-refractivity contribution in [3.05, 3.63) is 40.9 Å². The molecule has 0 radical (unpaired) electrons. The molecule has 2 aromatic rings. The number of ketones is 1. The highest BCUT2D eigenvalue weighted by atomic mass is 16.5. The van der Waals surface area contributed by atoms with E-state index in [-0.39, 0.29) is 35.8 Å². The highest BCUT2D eigenvalue weighted by Gasteiger charge is 2.45. The van der Waals surface area contributed by atoms with Gasteiger partial charge in [0.2, 0.25) is 5.91 Å². The summed E-state index contributed by atoms with van der Waals surface area (Å²) < 4.78 is 6.20. The summed E-state index contributed by atoms with van der Waals surface area (Å²) in [5, 5.41) is 6.89. The molecule has 0 saturated heterocycles. The molecule has 1 heterocycles. The van der Waals surface area contributed by atoms with Gasteiger partial charge in [0.25, 0.3) is 0 Å². The molecule has 1 aliphatic carbocycles. The molecule has 1 N–H and O–H groups in total. The van der Waals surface area contributed by atoms with Gasteiger partial charge in [-0.25, -0.2) is 9.36 Å². The van der Waals surface area contributed by atoms with Gasteiger partial charge in [0.1, 0.15) is 0 Å². The number of benzene rings is 1. The first kappa shape index (κ1) is 21.0. The molecule has 1 aliphatic rings. The number of hydrogen-bond donors (Lipinski definition) is 1. The van der Waals surface area contributed by atoms with Gasteiger partial charge in [0, 0.05) is 11.5 Å². The predicted molar refractivity (Wildman–Crippen MR) is 109 cm³/mol. The molecule has 1 fully saturated rings. The van der Waals surface area contributed by atoms with Gasteiger partial charge in [0.15, 0.2) is 17.3 Å². The lowest BCUT2D eigenvalue weighted by Gasteiger charge is -2.36. The second kappa shape index (κ2) is 8.76. The fraction of sp³-hybridized carbons (Fsp3) is 0.545. The number of carbonyl (C=O) groups excluding carboxylic acids is 2. The number of Topliss-reactive ketones (excluding diaryl/α,β-unsaturated/α-hetero) is 1. The van der Waals surface area contributed by atoms with Gasteiger partial charge < -0.3 is 5.32 Å². The van der Waals surface area contributed by atoms with Crippen LogP contribution in [0.5, 0.6) is 0 Å². The van der Waals surface area contributed by atoms with Gasteiger partial charge in [-0.2, -0.15) is 0 Å². The van der Waals surface area contributed by atoms with Gasteiger partial charge in [-0.3, -0.25) is 14.1 Å². The van der Waals surface area contributed by atoms with Crippen LogP contribution in [0, 0.1) is 11.8 Å². The van der Waals surface area contributed by atoms with Gasteiger partial charge in [0.05, 0.1) is 0 Å². The van der Waals surface area contributed by atoms with Crippen molar-refractivity contribution in [2.75, 3.05) is 0 Å². The Morgan fingerprint density at radius 2 is 1.86 bits per heavy atom. The fourth-order valence-corrected chi connectivity index (χ4v) is 4.20. The van der Waals surface area contributed by atoms with Crippen molar-refractivity contribution in [1.82, 2.24) is 15.0 Å². The summed E-state index contributed by atoms with van der Waals surface area (Å²) in [6.07, 6.45) is 4.98. The van der Waals surface area contributed by atoms with Crippen LogP contribution in [0.15, 0.2) is 39.6 Å². The number of nitrogens with one attached hydrogen (secondary N) is 1. The Hall–Kier alpha value is -2.70. The van der Waals surface area contributed by atoms with Crippen LogP contribution in [-0.4, -0.2) is 21.4 Å². The SMILES string of the molecule is CC(=O)C(CC(C)C)(NC(=O)C1CCCCC1)n1c(-c2ccccc2)noc1=O. The number of rotatable bonds is 7. The van der Waals surface area contributed by atoms with E-state index in [1.807, 2.05) is 32.0 Å². The van der Waals surface area contributed by atoms with E-state index in [4.69, 9.17) is 4.52 Å². The largest absolute Gasteiger partial charge is 0.444 e. The molecule has 1 saturated carbocycles. The summed E-state index contributed by atoms with van der Waals surface area (Å²) >= 11 is 0. The lowest BCUT2D eigenvalue weighted by atomic mass is 9.86. The lowest BCUT2D eigenvalue weighted by molar-refractivity contribution is -0.138. The zero-order chi connectivity index (χ0) is 21.0. The zero-order valence-corrected chi connectivity index (χ0v) is 17.3. The predicted octanol–water partition coefficient (Wildman–Crippen LogP) is 3.49. The van der Waals surface area contributed by atoms with Gasteiger partial charge >= 0.3 is 5.76 Å². The summed E-state index contributed by atoms with van der Waals surface area (Å²) in [5.41, 5.74) is -0.898. The van der Waals surface area contributed by atoms with Gasteiger partial charge in [-0.05, 0) is 32.1 Å². The van der Waals surface area contributed by atoms with Crippen molar-refractivity contribution in [2.45, 2.75) is 65.0 Å². The highest BCUT2D eigenvalue weighted by Crippen LogP contribution is 2.30.